The monoisotopic (exact) mass is 423 g/mol. The molecule has 2 fully saturated rings. The lowest BCUT2D eigenvalue weighted by Gasteiger charge is -2.36. The Labute approximate surface area is 184 Å². The Morgan fingerprint density at radius 1 is 1.13 bits per heavy atom. The number of nitrogens with one attached hydrogen (secondary N) is 1. The van der Waals surface area contributed by atoms with Crippen molar-refractivity contribution in [2.45, 2.75) is 38.1 Å². The van der Waals surface area contributed by atoms with Crippen molar-refractivity contribution in [2.75, 3.05) is 44.7 Å². The van der Waals surface area contributed by atoms with Crippen molar-refractivity contribution in [3.8, 4) is 5.75 Å². The highest BCUT2D eigenvalue weighted by atomic mass is 16.5. The molecule has 7 heteroatoms. The summed E-state index contributed by atoms with van der Waals surface area (Å²) in [5.74, 6) is 1.83. The standard InChI is InChI=1S/C24H33N5O2/c1-31-21-9-7-19(8-10-21)22(28-13-3-2-4-14-28)16-27-24(30)20-6-5-15-29(18-20)23-17-25-11-12-26-23/h7-12,17,20,22H,2-6,13-16,18H2,1H3,(H,27,30). The molecule has 3 heterocycles. The fourth-order valence-corrected chi connectivity index (χ4v) is 4.71. The molecule has 2 aromatic rings. The Morgan fingerprint density at radius 2 is 1.94 bits per heavy atom. The molecule has 2 saturated heterocycles. The van der Waals surface area contributed by atoms with Crippen LogP contribution < -0.4 is 15.0 Å². The molecule has 2 unspecified atom stereocenters. The highest BCUT2D eigenvalue weighted by Gasteiger charge is 2.28. The van der Waals surface area contributed by atoms with Gasteiger partial charge in [-0.25, -0.2) is 4.98 Å². The van der Waals surface area contributed by atoms with Crippen molar-refractivity contribution in [3.63, 3.8) is 0 Å². The second kappa shape index (κ2) is 10.6. The summed E-state index contributed by atoms with van der Waals surface area (Å²) in [6, 6.07) is 8.46. The van der Waals surface area contributed by atoms with Gasteiger partial charge < -0.3 is 15.0 Å². The van der Waals surface area contributed by atoms with Crippen LogP contribution in [0.1, 0.15) is 43.7 Å². The maximum absolute atomic E-state index is 13.1. The van der Waals surface area contributed by atoms with Crippen LogP contribution in [0.5, 0.6) is 5.75 Å². The highest BCUT2D eigenvalue weighted by Crippen LogP contribution is 2.26. The van der Waals surface area contributed by atoms with E-state index >= 15 is 0 Å². The van der Waals surface area contributed by atoms with Crippen molar-refractivity contribution < 1.29 is 9.53 Å². The van der Waals surface area contributed by atoms with Gasteiger partial charge in [-0.15, -0.1) is 0 Å². The molecule has 2 atom stereocenters. The minimum atomic E-state index is -0.0198. The molecule has 1 N–H and O–H groups in total. The average molecular weight is 424 g/mol. The van der Waals surface area contributed by atoms with E-state index in [4.69, 9.17) is 4.74 Å². The van der Waals surface area contributed by atoms with Crippen molar-refractivity contribution in [3.05, 3.63) is 48.4 Å². The number of amides is 1. The summed E-state index contributed by atoms with van der Waals surface area (Å²) >= 11 is 0. The van der Waals surface area contributed by atoms with Crippen LogP contribution in [0.2, 0.25) is 0 Å². The second-order valence-corrected chi connectivity index (χ2v) is 8.48. The van der Waals surface area contributed by atoms with Gasteiger partial charge in [-0.05, 0) is 56.5 Å². The van der Waals surface area contributed by atoms with Crippen LogP contribution in [0.3, 0.4) is 0 Å². The number of ether oxygens (including phenoxy) is 1. The van der Waals surface area contributed by atoms with Gasteiger partial charge in [0.25, 0.3) is 0 Å². The van der Waals surface area contributed by atoms with Gasteiger partial charge in [0, 0.05) is 32.0 Å². The van der Waals surface area contributed by atoms with Crippen LogP contribution in [0, 0.1) is 5.92 Å². The SMILES string of the molecule is COc1ccc(C(CNC(=O)C2CCCN(c3cnccn3)C2)N2CCCCC2)cc1. The van der Waals surface area contributed by atoms with Crippen molar-refractivity contribution in [1.82, 2.24) is 20.2 Å². The first-order valence-electron chi connectivity index (χ1n) is 11.4. The first-order valence-corrected chi connectivity index (χ1v) is 11.4. The maximum atomic E-state index is 13.1. The minimum Gasteiger partial charge on any atom is -0.497 e. The number of methoxy groups -OCH3 is 1. The molecule has 4 rings (SSSR count). The lowest BCUT2D eigenvalue weighted by atomic mass is 9.96. The Hall–Kier alpha value is -2.67. The Kier molecular flexibility index (Phi) is 7.35. The normalized spacial score (nSPS) is 20.8. The summed E-state index contributed by atoms with van der Waals surface area (Å²) in [5, 5.41) is 3.27. The van der Waals surface area contributed by atoms with Gasteiger partial charge in [0.05, 0.1) is 25.3 Å². The summed E-state index contributed by atoms with van der Waals surface area (Å²) in [4.78, 5) is 26.3. The van der Waals surface area contributed by atoms with Crippen LogP contribution >= 0.6 is 0 Å². The van der Waals surface area contributed by atoms with Crippen LogP contribution in [0.15, 0.2) is 42.9 Å². The van der Waals surface area contributed by atoms with Gasteiger partial charge in [0.2, 0.25) is 5.91 Å². The molecule has 1 amide bonds. The number of hydrogen-bond donors (Lipinski definition) is 1. The number of carbonyl (C=O) groups is 1. The molecule has 0 saturated carbocycles. The van der Waals surface area contributed by atoms with Crippen molar-refractivity contribution in [2.24, 2.45) is 5.92 Å². The molecule has 0 spiro atoms. The number of piperidine rings is 2. The number of benzene rings is 1. The third-order valence-corrected chi connectivity index (χ3v) is 6.47. The van der Waals surface area contributed by atoms with E-state index in [1.54, 1.807) is 25.7 Å². The lowest BCUT2D eigenvalue weighted by molar-refractivity contribution is -0.125. The summed E-state index contributed by atoms with van der Waals surface area (Å²) in [5.41, 5.74) is 1.23. The van der Waals surface area contributed by atoms with E-state index in [2.05, 4.69) is 37.2 Å². The lowest BCUT2D eigenvalue weighted by Crippen LogP contribution is -2.46. The predicted molar refractivity (Wildman–Crippen MR) is 121 cm³/mol. The number of likely N-dealkylation sites (tertiary alicyclic amines) is 1. The van der Waals surface area contributed by atoms with E-state index in [-0.39, 0.29) is 17.9 Å². The molecule has 1 aromatic carbocycles. The van der Waals surface area contributed by atoms with Crippen LogP contribution in [-0.2, 0) is 4.79 Å². The summed E-state index contributed by atoms with van der Waals surface area (Å²) in [7, 11) is 1.69. The van der Waals surface area contributed by atoms with Crippen molar-refractivity contribution in [1.29, 1.82) is 0 Å². The smallest absolute Gasteiger partial charge is 0.224 e. The topological polar surface area (TPSA) is 70.6 Å². The molecular formula is C24H33N5O2. The van der Waals surface area contributed by atoms with E-state index in [0.29, 0.717) is 13.1 Å². The molecule has 0 radical (unpaired) electrons. The molecule has 2 aliphatic heterocycles. The number of anilines is 1. The van der Waals surface area contributed by atoms with Crippen LogP contribution in [-0.4, -0.2) is 60.6 Å². The number of nitrogens with zero attached hydrogens (tertiary/aromatic N) is 4. The maximum Gasteiger partial charge on any atom is 0.224 e. The predicted octanol–water partition coefficient (Wildman–Crippen LogP) is 3.05. The highest BCUT2D eigenvalue weighted by molar-refractivity contribution is 5.79. The Bertz CT molecular complexity index is 824. The molecular weight excluding hydrogens is 390 g/mol. The van der Waals surface area contributed by atoms with Gasteiger partial charge >= 0.3 is 0 Å². The molecule has 7 nitrogen and oxygen atoms in total. The zero-order valence-electron chi connectivity index (χ0n) is 18.4. The molecule has 1 aromatic heterocycles. The van der Waals surface area contributed by atoms with Gasteiger partial charge in [0.15, 0.2) is 0 Å². The number of hydrogen-bond acceptors (Lipinski definition) is 6. The zero-order chi connectivity index (χ0) is 21.5. The van der Waals surface area contributed by atoms with Crippen LogP contribution in [0.4, 0.5) is 5.82 Å². The van der Waals surface area contributed by atoms with Gasteiger partial charge in [-0.2, -0.15) is 0 Å². The Morgan fingerprint density at radius 3 is 2.65 bits per heavy atom. The zero-order valence-corrected chi connectivity index (χ0v) is 18.4. The summed E-state index contributed by atoms with van der Waals surface area (Å²) in [6.45, 7) is 4.41. The van der Waals surface area contributed by atoms with Crippen molar-refractivity contribution >= 4 is 11.7 Å². The third-order valence-electron chi connectivity index (χ3n) is 6.47. The molecule has 0 aliphatic carbocycles. The first-order chi connectivity index (χ1) is 15.2. The fraction of sp³-hybridized carbons (Fsp3) is 0.542. The number of carbonyl (C=O) groups excluding carboxylic acids is 1. The first kappa shape index (κ1) is 21.6. The minimum absolute atomic E-state index is 0.0198. The van der Waals surface area contributed by atoms with Gasteiger partial charge in [-0.1, -0.05) is 18.6 Å². The Balaban J connectivity index is 1.40. The van der Waals surface area contributed by atoms with Crippen LogP contribution in [0.25, 0.3) is 0 Å². The van der Waals surface area contributed by atoms with E-state index in [1.165, 1.54) is 24.8 Å². The summed E-state index contributed by atoms with van der Waals surface area (Å²) in [6.07, 6.45) is 10.8. The van der Waals surface area contributed by atoms with E-state index < -0.39 is 0 Å². The van der Waals surface area contributed by atoms with E-state index in [1.807, 2.05) is 12.1 Å². The molecule has 0 bridgehead atoms. The molecule has 31 heavy (non-hydrogen) atoms. The largest absolute Gasteiger partial charge is 0.497 e. The second-order valence-electron chi connectivity index (χ2n) is 8.48. The quantitative estimate of drug-likeness (QED) is 0.738. The van der Waals surface area contributed by atoms with E-state index in [0.717, 1.165) is 44.0 Å². The van der Waals surface area contributed by atoms with E-state index in [9.17, 15) is 4.79 Å². The van der Waals surface area contributed by atoms with Gasteiger partial charge in [-0.3, -0.25) is 14.7 Å². The fourth-order valence-electron chi connectivity index (χ4n) is 4.71. The number of rotatable bonds is 7. The number of aromatic nitrogens is 2. The average Bonchev–Trinajstić information content (AvgIpc) is 2.85. The molecule has 166 valence electrons. The third kappa shape index (κ3) is 5.53. The van der Waals surface area contributed by atoms with Gasteiger partial charge in [0.1, 0.15) is 11.6 Å². The summed E-state index contributed by atoms with van der Waals surface area (Å²) < 4.78 is 5.32. The molecule has 2 aliphatic rings.